The Kier molecular flexibility index (Phi) is 5.06. The Morgan fingerprint density at radius 1 is 1.41 bits per heavy atom. The first kappa shape index (κ1) is 17.5. The highest BCUT2D eigenvalue weighted by atomic mass is 16.5. The Balaban J connectivity index is 1.34. The van der Waals surface area contributed by atoms with Gasteiger partial charge in [0.15, 0.2) is 5.96 Å². The lowest BCUT2D eigenvalue weighted by molar-refractivity contribution is -0.00801. The molecule has 0 radical (unpaired) electrons. The lowest BCUT2D eigenvalue weighted by Crippen LogP contribution is -2.48. The third-order valence-corrected chi connectivity index (χ3v) is 4.76. The number of aromatic amines is 1. The number of guanidine groups is 1. The van der Waals surface area contributed by atoms with Gasteiger partial charge in [-0.2, -0.15) is 5.10 Å². The number of benzene rings is 1. The second-order valence-corrected chi connectivity index (χ2v) is 6.68. The molecular weight excluding hydrogens is 342 g/mol. The number of aliphatic imine (C=N–C) groups is 1. The van der Waals surface area contributed by atoms with E-state index < -0.39 is 0 Å². The van der Waals surface area contributed by atoms with E-state index in [0.717, 1.165) is 54.4 Å². The van der Waals surface area contributed by atoms with Crippen molar-refractivity contribution < 1.29 is 4.74 Å². The zero-order valence-corrected chi connectivity index (χ0v) is 15.7. The Morgan fingerprint density at radius 2 is 2.30 bits per heavy atom. The van der Waals surface area contributed by atoms with Crippen molar-refractivity contribution in [1.29, 1.82) is 0 Å². The molecule has 1 saturated heterocycles. The number of hydrogen-bond acceptors (Lipinski definition) is 4. The molecule has 8 heteroatoms. The van der Waals surface area contributed by atoms with Crippen LogP contribution < -0.4 is 5.32 Å². The topological polar surface area (TPSA) is 83.4 Å². The molecule has 1 unspecified atom stereocenters. The number of H-pyrrole nitrogens is 1. The van der Waals surface area contributed by atoms with Gasteiger partial charge in [-0.3, -0.25) is 9.67 Å². The maximum atomic E-state index is 5.92. The Bertz CT molecular complexity index is 896. The largest absolute Gasteiger partial charge is 0.370 e. The molecule has 0 saturated carbocycles. The van der Waals surface area contributed by atoms with Gasteiger partial charge in [-0.05, 0) is 12.1 Å². The number of aromatic nitrogens is 4. The number of rotatable bonds is 4. The van der Waals surface area contributed by atoms with Gasteiger partial charge in [-0.1, -0.05) is 12.1 Å². The summed E-state index contributed by atoms with van der Waals surface area (Å²) in [7, 11) is 3.74. The molecule has 1 aliphatic rings. The van der Waals surface area contributed by atoms with Gasteiger partial charge in [-0.25, -0.2) is 4.98 Å². The summed E-state index contributed by atoms with van der Waals surface area (Å²) < 4.78 is 7.72. The first-order chi connectivity index (χ1) is 13.2. The summed E-state index contributed by atoms with van der Waals surface area (Å²) in [6.07, 6.45) is 4.70. The highest BCUT2D eigenvalue weighted by molar-refractivity contribution is 5.80. The van der Waals surface area contributed by atoms with Gasteiger partial charge >= 0.3 is 0 Å². The molecule has 0 bridgehead atoms. The number of aryl methyl sites for hydroxylation is 1. The zero-order chi connectivity index (χ0) is 18.6. The molecule has 0 aliphatic carbocycles. The number of para-hydroxylation sites is 2. The summed E-state index contributed by atoms with van der Waals surface area (Å²) in [5, 5.41) is 7.69. The third-order valence-electron chi connectivity index (χ3n) is 4.76. The first-order valence-corrected chi connectivity index (χ1v) is 9.22. The predicted molar refractivity (Wildman–Crippen MR) is 105 cm³/mol. The summed E-state index contributed by atoms with van der Waals surface area (Å²) in [6.45, 7) is 3.02. The molecule has 8 nitrogen and oxygen atoms in total. The second kappa shape index (κ2) is 7.79. The fraction of sp³-hybridized carbons (Fsp3) is 0.421. The molecule has 2 aromatic heterocycles. The van der Waals surface area contributed by atoms with Crippen LogP contribution in [-0.4, -0.2) is 63.9 Å². The van der Waals surface area contributed by atoms with Crippen molar-refractivity contribution >= 4 is 17.0 Å². The molecule has 1 aromatic carbocycles. The van der Waals surface area contributed by atoms with E-state index in [1.54, 1.807) is 4.68 Å². The molecule has 27 heavy (non-hydrogen) atoms. The number of nitrogens with one attached hydrogen (secondary N) is 2. The molecule has 1 aliphatic heterocycles. The summed E-state index contributed by atoms with van der Waals surface area (Å²) in [6, 6.07) is 8.09. The molecule has 4 rings (SSSR count). The van der Waals surface area contributed by atoms with Crippen molar-refractivity contribution in [2.75, 3.05) is 33.3 Å². The molecule has 1 atom stereocenters. The second-order valence-electron chi connectivity index (χ2n) is 6.68. The first-order valence-electron chi connectivity index (χ1n) is 9.22. The number of nitrogens with zero attached hydrogens (tertiary/aromatic N) is 5. The van der Waals surface area contributed by atoms with Gasteiger partial charge < -0.3 is 19.9 Å². The van der Waals surface area contributed by atoms with Gasteiger partial charge in [0, 0.05) is 45.4 Å². The molecule has 0 spiro atoms. The van der Waals surface area contributed by atoms with E-state index in [-0.39, 0.29) is 6.10 Å². The maximum absolute atomic E-state index is 5.92. The predicted octanol–water partition coefficient (Wildman–Crippen LogP) is 1.49. The highest BCUT2D eigenvalue weighted by Gasteiger charge is 2.25. The van der Waals surface area contributed by atoms with E-state index in [2.05, 4.69) is 30.3 Å². The molecule has 3 heterocycles. The van der Waals surface area contributed by atoms with Gasteiger partial charge in [0.25, 0.3) is 0 Å². The minimum Gasteiger partial charge on any atom is -0.370 e. The fourth-order valence-corrected chi connectivity index (χ4v) is 3.40. The molecule has 0 amide bonds. The normalized spacial score (nSPS) is 18.2. The molecule has 2 N–H and O–H groups in total. The van der Waals surface area contributed by atoms with Crippen LogP contribution in [0.25, 0.3) is 11.0 Å². The van der Waals surface area contributed by atoms with E-state index in [1.165, 1.54) is 0 Å². The van der Waals surface area contributed by atoms with Crippen LogP contribution in [0, 0.1) is 0 Å². The van der Waals surface area contributed by atoms with Crippen LogP contribution in [0.3, 0.4) is 0 Å². The Labute approximate surface area is 158 Å². The average Bonchev–Trinajstić information content (AvgIpc) is 3.31. The number of morpholine rings is 1. The molecule has 3 aromatic rings. The van der Waals surface area contributed by atoms with Crippen LogP contribution in [0.15, 0.2) is 41.7 Å². The quantitative estimate of drug-likeness (QED) is 0.539. The molecule has 142 valence electrons. The number of ether oxygens (including phenoxy) is 1. The van der Waals surface area contributed by atoms with Crippen molar-refractivity contribution in [1.82, 2.24) is 30.0 Å². The van der Waals surface area contributed by atoms with E-state index >= 15 is 0 Å². The zero-order valence-electron chi connectivity index (χ0n) is 15.7. The van der Waals surface area contributed by atoms with Crippen molar-refractivity contribution in [3.05, 3.63) is 48.0 Å². The summed E-state index contributed by atoms with van der Waals surface area (Å²) in [5.74, 6) is 1.87. The average molecular weight is 367 g/mol. The monoisotopic (exact) mass is 367 g/mol. The summed E-state index contributed by atoms with van der Waals surface area (Å²) >= 11 is 0. The van der Waals surface area contributed by atoms with Crippen LogP contribution in [0.2, 0.25) is 0 Å². The van der Waals surface area contributed by atoms with Gasteiger partial charge in [0.1, 0.15) is 11.9 Å². The van der Waals surface area contributed by atoms with Gasteiger partial charge in [-0.15, -0.1) is 0 Å². The van der Waals surface area contributed by atoms with Crippen LogP contribution >= 0.6 is 0 Å². The third kappa shape index (κ3) is 3.95. The van der Waals surface area contributed by atoms with Crippen LogP contribution in [-0.2, 0) is 18.2 Å². The molecular formula is C19H25N7O. The Hall–Kier alpha value is -2.87. The van der Waals surface area contributed by atoms with Crippen molar-refractivity contribution in [3.63, 3.8) is 0 Å². The number of hydrogen-bond donors (Lipinski definition) is 2. The van der Waals surface area contributed by atoms with E-state index in [0.29, 0.717) is 6.61 Å². The lowest BCUT2D eigenvalue weighted by Gasteiger charge is -2.34. The lowest BCUT2D eigenvalue weighted by atomic mass is 10.1. The van der Waals surface area contributed by atoms with Crippen LogP contribution in [0.4, 0.5) is 0 Å². The van der Waals surface area contributed by atoms with Gasteiger partial charge in [0.2, 0.25) is 0 Å². The minimum atomic E-state index is 0.0152. The molecule has 1 fully saturated rings. The van der Waals surface area contributed by atoms with Gasteiger partial charge in [0.05, 0.1) is 30.4 Å². The Morgan fingerprint density at radius 3 is 3.07 bits per heavy atom. The van der Waals surface area contributed by atoms with Crippen LogP contribution in [0.1, 0.15) is 17.5 Å². The maximum Gasteiger partial charge on any atom is 0.193 e. The smallest absolute Gasteiger partial charge is 0.193 e. The van der Waals surface area contributed by atoms with Crippen molar-refractivity contribution in [3.8, 4) is 0 Å². The number of imidazole rings is 1. The van der Waals surface area contributed by atoms with Crippen LogP contribution in [0.5, 0.6) is 0 Å². The standard InChI is InChI=1S/C19H25N7O/c1-20-19(21-8-7-18-23-15-5-3-4-6-16(15)24-18)26-9-10-27-17(13-26)14-11-22-25(2)12-14/h3-6,11-12,17H,7-10,13H2,1-2H3,(H,20,21)(H,23,24). The van der Waals surface area contributed by atoms with Crippen molar-refractivity contribution in [2.45, 2.75) is 12.5 Å². The van der Waals surface area contributed by atoms with Crippen molar-refractivity contribution in [2.24, 2.45) is 12.0 Å². The SMILES string of the molecule is CN=C(NCCc1nc2ccccc2[nH]1)N1CCOC(c2cnn(C)c2)C1. The summed E-state index contributed by atoms with van der Waals surface area (Å²) in [4.78, 5) is 14.7. The van der Waals surface area contributed by atoms with E-state index in [4.69, 9.17) is 4.74 Å². The van der Waals surface area contributed by atoms with E-state index in [9.17, 15) is 0 Å². The van der Waals surface area contributed by atoms with E-state index in [1.807, 2.05) is 50.8 Å². The fourth-order valence-electron chi connectivity index (χ4n) is 3.40. The minimum absolute atomic E-state index is 0.0152. The summed E-state index contributed by atoms with van der Waals surface area (Å²) in [5.41, 5.74) is 3.17. The number of fused-ring (bicyclic) bond motifs is 1. The highest BCUT2D eigenvalue weighted by Crippen LogP contribution is 2.21.